The van der Waals surface area contributed by atoms with E-state index < -0.39 is 0 Å². The predicted octanol–water partition coefficient (Wildman–Crippen LogP) is 0.370. The SMILES string of the molecule is CC=CC(=O)N1CCC(CN)C1. The number of allylic oxidation sites excluding steroid dienone is 1. The number of rotatable bonds is 2. The van der Waals surface area contributed by atoms with Crippen molar-refractivity contribution in [3.05, 3.63) is 12.2 Å². The largest absolute Gasteiger partial charge is 0.339 e. The molecule has 1 rings (SSSR count). The molecule has 12 heavy (non-hydrogen) atoms. The molecule has 0 aliphatic carbocycles. The van der Waals surface area contributed by atoms with Gasteiger partial charge in [-0.25, -0.2) is 0 Å². The molecule has 1 amide bonds. The molecule has 68 valence electrons. The molecule has 0 aromatic carbocycles. The highest BCUT2D eigenvalue weighted by molar-refractivity contribution is 5.87. The van der Waals surface area contributed by atoms with Gasteiger partial charge >= 0.3 is 0 Å². The number of likely N-dealkylation sites (tertiary alicyclic amines) is 1. The normalized spacial score (nSPS) is 23.8. The number of amides is 1. The first-order valence-corrected chi connectivity index (χ1v) is 4.39. The molecule has 0 saturated carbocycles. The van der Waals surface area contributed by atoms with Crippen molar-refractivity contribution in [2.24, 2.45) is 11.7 Å². The second kappa shape index (κ2) is 4.26. The molecule has 1 fully saturated rings. The molecule has 0 spiro atoms. The van der Waals surface area contributed by atoms with Gasteiger partial charge in [0, 0.05) is 13.1 Å². The van der Waals surface area contributed by atoms with Crippen molar-refractivity contribution >= 4 is 5.91 Å². The second-order valence-electron chi connectivity index (χ2n) is 3.17. The second-order valence-corrected chi connectivity index (χ2v) is 3.17. The molecule has 0 radical (unpaired) electrons. The molecule has 0 aromatic rings. The quantitative estimate of drug-likeness (QED) is 0.605. The Kier molecular flexibility index (Phi) is 3.29. The number of hydrogen-bond donors (Lipinski definition) is 1. The molecular weight excluding hydrogens is 152 g/mol. The zero-order valence-electron chi connectivity index (χ0n) is 7.49. The lowest BCUT2D eigenvalue weighted by molar-refractivity contribution is -0.125. The van der Waals surface area contributed by atoms with Gasteiger partial charge in [0.15, 0.2) is 0 Å². The summed E-state index contributed by atoms with van der Waals surface area (Å²) in [4.78, 5) is 13.2. The van der Waals surface area contributed by atoms with Gasteiger partial charge in [-0.2, -0.15) is 0 Å². The Morgan fingerprint density at radius 1 is 1.75 bits per heavy atom. The Morgan fingerprint density at radius 2 is 2.50 bits per heavy atom. The fourth-order valence-corrected chi connectivity index (χ4v) is 1.47. The van der Waals surface area contributed by atoms with E-state index in [0.717, 1.165) is 19.5 Å². The number of carbonyl (C=O) groups excluding carboxylic acids is 1. The predicted molar refractivity (Wildman–Crippen MR) is 48.6 cm³/mol. The summed E-state index contributed by atoms with van der Waals surface area (Å²) < 4.78 is 0. The van der Waals surface area contributed by atoms with Gasteiger partial charge in [-0.3, -0.25) is 4.79 Å². The summed E-state index contributed by atoms with van der Waals surface area (Å²) >= 11 is 0. The fourth-order valence-electron chi connectivity index (χ4n) is 1.47. The van der Waals surface area contributed by atoms with Gasteiger partial charge in [0.2, 0.25) is 5.91 Å². The smallest absolute Gasteiger partial charge is 0.246 e. The van der Waals surface area contributed by atoms with E-state index in [-0.39, 0.29) is 5.91 Å². The van der Waals surface area contributed by atoms with Crippen molar-refractivity contribution in [3.63, 3.8) is 0 Å². The molecule has 3 heteroatoms. The molecular formula is C9H16N2O. The first kappa shape index (κ1) is 9.26. The zero-order chi connectivity index (χ0) is 8.97. The maximum Gasteiger partial charge on any atom is 0.246 e. The topological polar surface area (TPSA) is 46.3 Å². The van der Waals surface area contributed by atoms with Gasteiger partial charge in [0.25, 0.3) is 0 Å². The minimum atomic E-state index is 0.119. The van der Waals surface area contributed by atoms with Gasteiger partial charge in [-0.1, -0.05) is 6.08 Å². The minimum Gasteiger partial charge on any atom is -0.339 e. The van der Waals surface area contributed by atoms with Crippen molar-refractivity contribution in [2.45, 2.75) is 13.3 Å². The average Bonchev–Trinajstić information content (AvgIpc) is 2.52. The lowest BCUT2D eigenvalue weighted by atomic mass is 10.1. The number of hydrogen-bond acceptors (Lipinski definition) is 2. The van der Waals surface area contributed by atoms with Crippen molar-refractivity contribution in [3.8, 4) is 0 Å². The van der Waals surface area contributed by atoms with Gasteiger partial charge in [0.05, 0.1) is 0 Å². The van der Waals surface area contributed by atoms with Crippen LogP contribution in [0.3, 0.4) is 0 Å². The van der Waals surface area contributed by atoms with E-state index >= 15 is 0 Å². The van der Waals surface area contributed by atoms with Crippen molar-refractivity contribution in [1.82, 2.24) is 4.90 Å². The van der Waals surface area contributed by atoms with Crippen LogP contribution < -0.4 is 5.73 Å². The van der Waals surface area contributed by atoms with Gasteiger partial charge in [0.1, 0.15) is 0 Å². The van der Waals surface area contributed by atoms with Crippen LogP contribution in [0.15, 0.2) is 12.2 Å². The Labute approximate surface area is 73.2 Å². The number of nitrogens with zero attached hydrogens (tertiary/aromatic N) is 1. The molecule has 2 N–H and O–H groups in total. The maximum absolute atomic E-state index is 11.3. The van der Waals surface area contributed by atoms with Gasteiger partial charge in [-0.15, -0.1) is 0 Å². The highest BCUT2D eigenvalue weighted by atomic mass is 16.2. The van der Waals surface area contributed by atoms with Crippen LogP contribution in [0.2, 0.25) is 0 Å². The highest BCUT2D eigenvalue weighted by Gasteiger charge is 2.23. The van der Waals surface area contributed by atoms with E-state index in [2.05, 4.69) is 0 Å². The molecule has 1 saturated heterocycles. The third kappa shape index (κ3) is 2.08. The molecule has 0 aromatic heterocycles. The molecule has 1 unspecified atom stereocenters. The van der Waals surface area contributed by atoms with Crippen LogP contribution >= 0.6 is 0 Å². The summed E-state index contributed by atoms with van der Waals surface area (Å²) in [6.07, 6.45) is 4.44. The molecule has 1 aliphatic rings. The summed E-state index contributed by atoms with van der Waals surface area (Å²) in [7, 11) is 0. The standard InChI is InChI=1S/C9H16N2O/c1-2-3-9(12)11-5-4-8(6-10)7-11/h2-3,8H,4-7,10H2,1H3. The Hall–Kier alpha value is -0.830. The lowest BCUT2D eigenvalue weighted by Crippen LogP contribution is -2.28. The van der Waals surface area contributed by atoms with Crippen LogP contribution in [-0.4, -0.2) is 30.4 Å². The summed E-state index contributed by atoms with van der Waals surface area (Å²) in [5.41, 5.74) is 5.51. The molecule has 1 atom stereocenters. The summed E-state index contributed by atoms with van der Waals surface area (Å²) in [6, 6.07) is 0. The summed E-state index contributed by atoms with van der Waals surface area (Å²) in [5.74, 6) is 0.632. The van der Waals surface area contributed by atoms with E-state index in [9.17, 15) is 4.79 Å². The van der Waals surface area contributed by atoms with E-state index in [1.165, 1.54) is 0 Å². The monoisotopic (exact) mass is 168 g/mol. The van der Waals surface area contributed by atoms with Crippen LogP contribution in [0.5, 0.6) is 0 Å². The molecule has 1 heterocycles. The minimum absolute atomic E-state index is 0.119. The molecule has 3 nitrogen and oxygen atoms in total. The van der Waals surface area contributed by atoms with E-state index in [0.29, 0.717) is 12.5 Å². The van der Waals surface area contributed by atoms with E-state index in [1.807, 2.05) is 11.8 Å². The van der Waals surface area contributed by atoms with Crippen LogP contribution in [0, 0.1) is 5.92 Å². The maximum atomic E-state index is 11.3. The first-order chi connectivity index (χ1) is 5.77. The van der Waals surface area contributed by atoms with Crippen LogP contribution in [0.4, 0.5) is 0 Å². The van der Waals surface area contributed by atoms with Crippen LogP contribution in [0.1, 0.15) is 13.3 Å². The van der Waals surface area contributed by atoms with Crippen molar-refractivity contribution in [1.29, 1.82) is 0 Å². The highest BCUT2D eigenvalue weighted by Crippen LogP contribution is 2.14. The van der Waals surface area contributed by atoms with Crippen molar-refractivity contribution in [2.75, 3.05) is 19.6 Å². The molecule has 1 aliphatic heterocycles. The summed E-state index contributed by atoms with van der Waals surface area (Å²) in [5, 5.41) is 0. The van der Waals surface area contributed by atoms with Crippen LogP contribution in [-0.2, 0) is 4.79 Å². The fraction of sp³-hybridized carbons (Fsp3) is 0.667. The zero-order valence-corrected chi connectivity index (χ0v) is 7.49. The third-order valence-electron chi connectivity index (χ3n) is 2.24. The lowest BCUT2D eigenvalue weighted by Gasteiger charge is -2.13. The average molecular weight is 168 g/mol. The summed E-state index contributed by atoms with van der Waals surface area (Å²) in [6.45, 7) is 4.25. The molecule has 0 bridgehead atoms. The van der Waals surface area contributed by atoms with E-state index in [1.54, 1.807) is 12.2 Å². The third-order valence-corrected chi connectivity index (χ3v) is 2.24. The van der Waals surface area contributed by atoms with Crippen LogP contribution in [0.25, 0.3) is 0 Å². The van der Waals surface area contributed by atoms with Crippen molar-refractivity contribution < 1.29 is 4.79 Å². The first-order valence-electron chi connectivity index (χ1n) is 4.39. The van der Waals surface area contributed by atoms with Gasteiger partial charge in [-0.05, 0) is 31.9 Å². The Balaban J connectivity index is 2.41. The van der Waals surface area contributed by atoms with Gasteiger partial charge < -0.3 is 10.6 Å². The Bertz CT molecular complexity index is 189. The number of nitrogens with two attached hydrogens (primary N) is 1. The Morgan fingerprint density at radius 3 is 3.00 bits per heavy atom. The van der Waals surface area contributed by atoms with E-state index in [4.69, 9.17) is 5.73 Å². The number of carbonyl (C=O) groups is 1.